The fourth-order valence-electron chi connectivity index (χ4n) is 6.26. The zero-order valence-electron chi connectivity index (χ0n) is 22.6. The molecule has 2 saturated heterocycles. The van der Waals surface area contributed by atoms with Gasteiger partial charge in [0, 0.05) is 50.4 Å². The van der Waals surface area contributed by atoms with Gasteiger partial charge in [-0.2, -0.15) is 0 Å². The Morgan fingerprint density at radius 2 is 1.12 bits per heavy atom. The summed E-state index contributed by atoms with van der Waals surface area (Å²) in [6.45, 7) is 2.44. The van der Waals surface area contributed by atoms with Crippen molar-refractivity contribution in [2.45, 2.75) is 80.5 Å². The van der Waals surface area contributed by atoms with Gasteiger partial charge in [-0.15, -0.1) is 0 Å². The van der Waals surface area contributed by atoms with Crippen LogP contribution in [0.4, 0.5) is 0 Å². The van der Waals surface area contributed by atoms with Crippen LogP contribution in [0.25, 0.3) is 0 Å². The quantitative estimate of drug-likeness (QED) is 0.259. The number of nitrogens with zero attached hydrogens (tertiary/aromatic N) is 2. The predicted octanol–water partition coefficient (Wildman–Crippen LogP) is 4.11. The van der Waals surface area contributed by atoms with E-state index in [1.54, 1.807) is 21.3 Å². The van der Waals surface area contributed by atoms with Crippen molar-refractivity contribution in [1.82, 2.24) is 9.13 Å². The van der Waals surface area contributed by atoms with E-state index >= 15 is 0 Å². The first kappa shape index (κ1) is 29.8. The van der Waals surface area contributed by atoms with Gasteiger partial charge in [0.2, 0.25) is 0 Å². The molecule has 0 radical (unpaired) electrons. The Morgan fingerprint density at radius 1 is 0.697 bits per heavy atom. The molecule has 2 rings (SSSR count). The van der Waals surface area contributed by atoms with Gasteiger partial charge in [0.25, 0.3) is 17.0 Å². The molecule has 2 unspecified atom stereocenters. The summed E-state index contributed by atoms with van der Waals surface area (Å²) in [5, 5.41) is 0. The SMILES string of the molecule is CO[Si](CCC[SiH](CCC[Si]1(OC)CCCN1C)CCC[Si]1(OC)CCCN1C)(OC)OC. The minimum atomic E-state index is -2.46. The molecule has 2 fully saturated rings. The van der Waals surface area contributed by atoms with E-state index in [4.69, 9.17) is 22.1 Å². The third-order valence-corrected chi connectivity index (χ3v) is 24.5. The highest BCUT2D eigenvalue weighted by Crippen LogP contribution is 2.34. The predicted molar refractivity (Wildman–Crippen MR) is 146 cm³/mol. The zero-order chi connectivity index (χ0) is 24.4. The first-order chi connectivity index (χ1) is 15.8. The molecule has 11 heteroatoms. The highest BCUT2D eigenvalue weighted by molar-refractivity contribution is 6.72. The van der Waals surface area contributed by atoms with E-state index in [0.29, 0.717) is 0 Å². The maximum absolute atomic E-state index is 6.17. The topological polar surface area (TPSA) is 52.6 Å². The van der Waals surface area contributed by atoms with Gasteiger partial charge in [0.15, 0.2) is 0 Å². The molecular weight excluding hydrogens is 485 g/mol. The fraction of sp³-hybridized carbons (Fsp3) is 1.00. The Hall–Kier alpha value is 0.588. The van der Waals surface area contributed by atoms with Crippen LogP contribution in [-0.2, 0) is 22.1 Å². The Balaban J connectivity index is 1.90. The summed E-state index contributed by atoms with van der Waals surface area (Å²) in [5.74, 6) is 0. The van der Waals surface area contributed by atoms with Crippen LogP contribution in [0, 0.1) is 0 Å². The van der Waals surface area contributed by atoms with Crippen LogP contribution in [-0.4, -0.2) is 106 Å². The Labute approximate surface area is 208 Å². The second-order valence-corrected chi connectivity index (χ2v) is 24.9. The normalized spacial score (nSPS) is 28.1. The van der Waals surface area contributed by atoms with Gasteiger partial charge < -0.3 is 31.3 Å². The van der Waals surface area contributed by atoms with Crippen molar-refractivity contribution < 1.29 is 22.1 Å². The molecule has 0 aromatic carbocycles. The molecule has 196 valence electrons. The van der Waals surface area contributed by atoms with E-state index in [0.717, 1.165) is 12.5 Å². The number of rotatable bonds is 17. The van der Waals surface area contributed by atoms with E-state index in [-0.39, 0.29) is 0 Å². The standard InChI is InChI=1S/C22H52N2O5Si4/c1-23-13-8-18-31(23,25-3)20-10-15-30(17-12-22-33(27-5,28-6)29-7)16-11-21-32(26-4)19-9-14-24(32)2/h30H,8-22H2,1-7H3. The summed E-state index contributed by atoms with van der Waals surface area (Å²) in [6, 6.07) is 10.4. The third kappa shape index (κ3) is 7.78. The van der Waals surface area contributed by atoms with Gasteiger partial charge in [-0.25, -0.2) is 0 Å². The van der Waals surface area contributed by atoms with Crippen molar-refractivity contribution >= 4 is 34.6 Å². The van der Waals surface area contributed by atoms with Crippen LogP contribution in [0.3, 0.4) is 0 Å². The summed E-state index contributed by atoms with van der Waals surface area (Å²) in [5.41, 5.74) is 0. The second kappa shape index (κ2) is 14.4. The molecule has 7 nitrogen and oxygen atoms in total. The van der Waals surface area contributed by atoms with Crippen LogP contribution >= 0.6 is 0 Å². The summed E-state index contributed by atoms with van der Waals surface area (Å²) in [4.78, 5) is 0. The maximum atomic E-state index is 6.17. The van der Waals surface area contributed by atoms with Gasteiger partial charge in [0.1, 0.15) is 0 Å². The highest BCUT2D eigenvalue weighted by Gasteiger charge is 2.44. The maximum Gasteiger partial charge on any atom is 0.500 e. The minimum absolute atomic E-state index is 0.850. The average Bonchev–Trinajstić information content (AvgIpc) is 3.39. The van der Waals surface area contributed by atoms with Crippen molar-refractivity contribution in [2.75, 3.05) is 62.7 Å². The zero-order valence-corrected chi connectivity index (χ0v) is 26.8. The fourth-order valence-corrected chi connectivity index (χ4v) is 20.0. The molecule has 0 aromatic heterocycles. The highest BCUT2D eigenvalue weighted by atomic mass is 28.4. The summed E-state index contributed by atoms with van der Waals surface area (Å²) in [7, 11) is 7.07. The molecule has 2 atom stereocenters. The lowest BCUT2D eigenvalue weighted by molar-refractivity contribution is 0.123. The largest absolute Gasteiger partial charge is 0.500 e. The van der Waals surface area contributed by atoms with Gasteiger partial charge in [-0.3, -0.25) is 0 Å². The lowest BCUT2D eigenvalue weighted by atomic mass is 10.5. The molecule has 2 aliphatic heterocycles. The molecule has 0 N–H and O–H groups in total. The van der Waals surface area contributed by atoms with Gasteiger partial charge in [-0.1, -0.05) is 37.4 Å². The van der Waals surface area contributed by atoms with Crippen molar-refractivity contribution in [3.05, 3.63) is 0 Å². The molecule has 2 heterocycles. The second-order valence-electron chi connectivity index (χ2n) is 10.2. The molecule has 0 saturated carbocycles. The van der Waals surface area contributed by atoms with Crippen molar-refractivity contribution in [2.24, 2.45) is 0 Å². The van der Waals surface area contributed by atoms with Crippen molar-refractivity contribution in [1.29, 1.82) is 0 Å². The minimum Gasteiger partial charge on any atom is -0.406 e. The molecule has 33 heavy (non-hydrogen) atoms. The van der Waals surface area contributed by atoms with Crippen LogP contribution in [0.15, 0.2) is 0 Å². The lowest BCUT2D eigenvalue weighted by Gasteiger charge is -2.33. The van der Waals surface area contributed by atoms with Gasteiger partial charge >= 0.3 is 8.80 Å². The van der Waals surface area contributed by atoms with Crippen LogP contribution in [0.5, 0.6) is 0 Å². The first-order valence-corrected chi connectivity index (χ1v) is 21.9. The van der Waals surface area contributed by atoms with Crippen LogP contribution < -0.4 is 0 Å². The number of hydrogen-bond donors (Lipinski definition) is 0. The van der Waals surface area contributed by atoms with Crippen molar-refractivity contribution in [3.63, 3.8) is 0 Å². The Kier molecular flexibility index (Phi) is 13.0. The summed E-state index contributed by atoms with van der Waals surface area (Å²) < 4.78 is 34.5. The summed E-state index contributed by atoms with van der Waals surface area (Å²) >= 11 is 0. The molecule has 2 aliphatic rings. The van der Waals surface area contributed by atoms with Gasteiger partial charge in [-0.05, 0) is 64.2 Å². The van der Waals surface area contributed by atoms with E-state index < -0.39 is 34.6 Å². The first-order valence-electron chi connectivity index (χ1n) is 13.0. The van der Waals surface area contributed by atoms with Crippen LogP contribution in [0.1, 0.15) is 32.1 Å². The average molecular weight is 537 g/mol. The van der Waals surface area contributed by atoms with E-state index in [1.165, 1.54) is 81.1 Å². The molecule has 0 amide bonds. The summed E-state index contributed by atoms with van der Waals surface area (Å²) in [6.07, 6.45) is 6.47. The van der Waals surface area contributed by atoms with E-state index in [1.807, 2.05) is 14.2 Å². The monoisotopic (exact) mass is 536 g/mol. The molecule has 0 bridgehead atoms. The Bertz CT molecular complexity index is 521. The van der Waals surface area contributed by atoms with Gasteiger partial charge in [0.05, 0.1) is 0 Å². The van der Waals surface area contributed by atoms with Crippen LogP contribution in [0.2, 0.25) is 48.4 Å². The van der Waals surface area contributed by atoms with E-state index in [2.05, 4.69) is 23.2 Å². The molecule has 0 aliphatic carbocycles. The molecular formula is C22H52N2O5Si4. The molecule has 0 aromatic rings. The van der Waals surface area contributed by atoms with E-state index in [9.17, 15) is 0 Å². The smallest absolute Gasteiger partial charge is 0.406 e. The van der Waals surface area contributed by atoms with Crippen molar-refractivity contribution in [3.8, 4) is 0 Å². The number of hydrogen-bond acceptors (Lipinski definition) is 7. The lowest BCUT2D eigenvalue weighted by Crippen LogP contribution is -2.49. The Morgan fingerprint density at radius 3 is 1.45 bits per heavy atom. The molecule has 0 spiro atoms. The third-order valence-electron chi connectivity index (χ3n) is 8.66.